The fraction of sp³-hybridized carbons (Fsp3) is 0.500. The summed E-state index contributed by atoms with van der Waals surface area (Å²) in [5, 5.41) is 7.34. The Bertz CT molecular complexity index is 618. The summed E-state index contributed by atoms with van der Waals surface area (Å²) < 4.78 is 7.25. The van der Waals surface area contributed by atoms with Gasteiger partial charge in [-0.3, -0.25) is 9.48 Å². The van der Waals surface area contributed by atoms with Gasteiger partial charge in [0.15, 0.2) is 0 Å². The maximum absolute atomic E-state index is 12.4. The summed E-state index contributed by atoms with van der Waals surface area (Å²) in [7, 11) is 0. The summed E-state index contributed by atoms with van der Waals surface area (Å²) in [6, 6.07) is 0. The van der Waals surface area contributed by atoms with Crippen LogP contribution in [0.15, 0.2) is 16.9 Å². The lowest BCUT2D eigenvalue weighted by atomic mass is 10.1. The third kappa shape index (κ3) is 3.17. The molecular formula is C16H23N3O2. The van der Waals surface area contributed by atoms with Crippen molar-refractivity contribution in [3.63, 3.8) is 0 Å². The average molecular weight is 289 g/mol. The van der Waals surface area contributed by atoms with E-state index in [9.17, 15) is 4.79 Å². The molecule has 5 heteroatoms. The minimum absolute atomic E-state index is 0.141. The zero-order chi connectivity index (χ0) is 15.6. The molecule has 1 N–H and O–H groups in total. The molecule has 0 radical (unpaired) electrons. The number of rotatable bonds is 5. The predicted molar refractivity (Wildman–Crippen MR) is 82.6 cm³/mol. The van der Waals surface area contributed by atoms with Crippen molar-refractivity contribution >= 4 is 11.6 Å². The minimum atomic E-state index is -0.141. The van der Waals surface area contributed by atoms with Crippen LogP contribution in [0.25, 0.3) is 0 Å². The topological polar surface area (TPSA) is 60.1 Å². The van der Waals surface area contributed by atoms with Gasteiger partial charge in [-0.15, -0.1) is 0 Å². The van der Waals surface area contributed by atoms with E-state index in [1.54, 1.807) is 19.4 Å². The van der Waals surface area contributed by atoms with Crippen molar-refractivity contribution in [1.29, 1.82) is 0 Å². The Morgan fingerprint density at radius 1 is 1.43 bits per heavy atom. The molecular weight excluding hydrogens is 266 g/mol. The number of aryl methyl sites for hydroxylation is 2. The van der Waals surface area contributed by atoms with Crippen LogP contribution < -0.4 is 5.32 Å². The van der Waals surface area contributed by atoms with Crippen LogP contribution in [0.5, 0.6) is 0 Å². The molecule has 0 unspecified atom stereocenters. The number of hydrogen-bond donors (Lipinski definition) is 1. The van der Waals surface area contributed by atoms with E-state index >= 15 is 0 Å². The van der Waals surface area contributed by atoms with Crippen molar-refractivity contribution in [1.82, 2.24) is 9.78 Å². The number of carbonyl (C=O) groups is 1. The molecule has 2 aromatic rings. The average Bonchev–Trinajstić information content (AvgIpc) is 2.92. The molecule has 0 aliphatic rings. The third-order valence-corrected chi connectivity index (χ3v) is 3.46. The van der Waals surface area contributed by atoms with Gasteiger partial charge in [-0.1, -0.05) is 20.8 Å². The van der Waals surface area contributed by atoms with E-state index in [1.807, 2.05) is 11.6 Å². The Labute approximate surface area is 125 Å². The van der Waals surface area contributed by atoms with Gasteiger partial charge >= 0.3 is 0 Å². The molecule has 0 aromatic carbocycles. The molecule has 1 amide bonds. The molecule has 0 saturated heterocycles. The van der Waals surface area contributed by atoms with Crippen molar-refractivity contribution in [2.45, 2.75) is 47.6 Å². The van der Waals surface area contributed by atoms with E-state index in [0.29, 0.717) is 17.2 Å². The Hall–Kier alpha value is -2.04. The lowest BCUT2D eigenvalue weighted by Crippen LogP contribution is -2.15. The highest BCUT2D eigenvalue weighted by molar-refractivity contribution is 6.06. The summed E-state index contributed by atoms with van der Waals surface area (Å²) in [6.07, 6.45) is 4.16. The fourth-order valence-corrected chi connectivity index (χ4v) is 2.49. The van der Waals surface area contributed by atoms with E-state index in [4.69, 9.17) is 4.42 Å². The van der Waals surface area contributed by atoms with Crippen LogP contribution in [0.2, 0.25) is 0 Å². The van der Waals surface area contributed by atoms with Gasteiger partial charge in [-0.05, 0) is 26.2 Å². The van der Waals surface area contributed by atoms with Crippen molar-refractivity contribution in [2.75, 3.05) is 5.32 Å². The van der Waals surface area contributed by atoms with Crippen molar-refractivity contribution < 1.29 is 9.21 Å². The van der Waals surface area contributed by atoms with Gasteiger partial charge in [0.25, 0.3) is 5.91 Å². The lowest BCUT2D eigenvalue weighted by Gasteiger charge is -2.10. The minimum Gasteiger partial charge on any atom is -0.469 e. The molecule has 21 heavy (non-hydrogen) atoms. The molecule has 114 valence electrons. The summed E-state index contributed by atoms with van der Waals surface area (Å²) >= 11 is 0. The normalized spacial score (nSPS) is 11.1. The standard InChI is InChI=1S/C16H23N3O2/c1-6-14-13(7-17-19(14)8-10(2)3)18-16(20)15-11(4)9-21-12(15)5/h7,9-10H,6,8H2,1-5H3,(H,18,20). The van der Waals surface area contributed by atoms with Gasteiger partial charge in [-0.2, -0.15) is 5.10 Å². The molecule has 2 aromatic heterocycles. The SMILES string of the molecule is CCc1c(NC(=O)c2c(C)coc2C)cnn1CC(C)C. The highest BCUT2D eigenvalue weighted by atomic mass is 16.3. The molecule has 0 aliphatic heterocycles. The number of nitrogens with zero attached hydrogens (tertiary/aromatic N) is 2. The number of carbonyl (C=O) groups excluding carboxylic acids is 1. The number of hydrogen-bond acceptors (Lipinski definition) is 3. The first kappa shape index (κ1) is 15.4. The Kier molecular flexibility index (Phi) is 4.50. The second kappa shape index (κ2) is 6.16. The third-order valence-electron chi connectivity index (χ3n) is 3.46. The Morgan fingerprint density at radius 2 is 2.14 bits per heavy atom. The molecule has 0 saturated carbocycles. The lowest BCUT2D eigenvalue weighted by molar-refractivity contribution is 0.102. The molecule has 0 bridgehead atoms. The van der Waals surface area contributed by atoms with Gasteiger partial charge in [-0.25, -0.2) is 0 Å². The maximum Gasteiger partial charge on any atom is 0.259 e. The van der Waals surface area contributed by atoms with Crippen LogP contribution in [0.4, 0.5) is 5.69 Å². The predicted octanol–water partition coefficient (Wildman–Crippen LogP) is 3.56. The zero-order valence-corrected chi connectivity index (χ0v) is 13.4. The maximum atomic E-state index is 12.4. The van der Waals surface area contributed by atoms with Gasteiger partial charge < -0.3 is 9.73 Å². The first-order valence-electron chi connectivity index (χ1n) is 7.34. The second-order valence-electron chi connectivity index (χ2n) is 5.74. The quantitative estimate of drug-likeness (QED) is 0.915. The monoisotopic (exact) mass is 289 g/mol. The van der Waals surface area contributed by atoms with E-state index < -0.39 is 0 Å². The molecule has 0 atom stereocenters. The fourth-order valence-electron chi connectivity index (χ4n) is 2.49. The summed E-state index contributed by atoms with van der Waals surface area (Å²) in [5.74, 6) is 1.01. The van der Waals surface area contributed by atoms with Crippen LogP contribution in [0, 0.1) is 19.8 Å². The number of furan rings is 1. The summed E-state index contributed by atoms with van der Waals surface area (Å²) in [5.41, 5.74) is 3.28. The van der Waals surface area contributed by atoms with Gasteiger partial charge in [0, 0.05) is 12.1 Å². The Balaban J connectivity index is 2.24. The van der Waals surface area contributed by atoms with Crippen LogP contribution in [-0.2, 0) is 13.0 Å². The van der Waals surface area contributed by atoms with E-state index in [2.05, 4.69) is 31.2 Å². The largest absolute Gasteiger partial charge is 0.469 e. The van der Waals surface area contributed by atoms with Crippen LogP contribution in [0.1, 0.15) is 48.1 Å². The van der Waals surface area contributed by atoms with E-state index in [1.165, 1.54) is 0 Å². The van der Waals surface area contributed by atoms with E-state index in [-0.39, 0.29) is 5.91 Å². The van der Waals surface area contributed by atoms with Crippen LogP contribution in [0.3, 0.4) is 0 Å². The van der Waals surface area contributed by atoms with Crippen LogP contribution >= 0.6 is 0 Å². The van der Waals surface area contributed by atoms with Crippen molar-refractivity contribution in [2.24, 2.45) is 5.92 Å². The number of amides is 1. The van der Waals surface area contributed by atoms with E-state index in [0.717, 1.165) is 29.9 Å². The smallest absolute Gasteiger partial charge is 0.259 e. The molecule has 0 spiro atoms. The zero-order valence-electron chi connectivity index (χ0n) is 13.4. The number of anilines is 1. The molecule has 5 nitrogen and oxygen atoms in total. The van der Waals surface area contributed by atoms with Gasteiger partial charge in [0.05, 0.1) is 29.4 Å². The van der Waals surface area contributed by atoms with Crippen molar-refractivity contribution in [3.05, 3.63) is 35.0 Å². The van der Waals surface area contributed by atoms with Crippen LogP contribution in [-0.4, -0.2) is 15.7 Å². The highest BCUT2D eigenvalue weighted by Crippen LogP contribution is 2.21. The second-order valence-corrected chi connectivity index (χ2v) is 5.74. The first-order valence-corrected chi connectivity index (χ1v) is 7.34. The number of aromatic nitrogens is 2. The van der Waals surface area contributed by atoms with Gasteiger partial charge in [0.1, 0.15) is 5.76 Å². The Morgan fingerprint density at radius 3 is 2.67 bits per heavy atom. The summed E-state index contributed by atoms with van der Waals surface area (Å²) in [6.45, 7) is 10.9. The molecule has 2 heterocycles. The van der Waals surface area contributed by atoms with Crippen molar-refractivity contribution in [3.8, 4) is 0 Å². The summed E-state index contributed by atoms with van der Waals surface area (Å²) in [4.78, 5) is 12.4. The molecule has 0 aliphatic carbocycles. The molecule has 2 rings (SSSR count). The number of nitrogens with one attached hydrogen (secondary N) is 1. The highest BCUT2D eigenvalue weighted by Gasteiger charge is 2.18. The molecule has 0 fully saturated rings. The van der Waals surface area contributed by atoms with Gasteiger partial charge in [0.2, 0.25) is 0 Å². The first-order chi connectivity index (χ1) is 9.93.